The fraction of sp³-hybridized carbons (Fsp3) is 0.269. The molecule has 1 fully saturated rings. The summed E-state index contributed by atoms with van der Waals surface area (Å²) < 4.78 is 34.3. The summed E-state index contributed by atoms with van der Waals surface area (Å²) in [6.07, 6.45) is 8.22. The molecule has 13 heteroatoms. The maximum absolute atomic E-state index is 13.4. The number of alkyl halides is 2. The number of carbonyl (C=O) groups is 1. The third-order valence-electron chi connectivity index (χ3n) is 6.88. The first kappa shape index (κ1) is 25.1. The number of halogens is 3. The van der Waals surface area contributed by atoms with Gasteiger partial charge in [0.1, 0.15) is 5.69 Å². The van der Waals surface area contributed by atoms with Crippen LogP contribution in [0, 0.1) is 0 Å². The Hall–Kier alpha value is -4.16. The van der Waals surface area contributed by atoms with Crippen LogP contribution in [0.5, 0.6) is 5.75 Å². The average molecular weight is 553 g/mol. The van der Waals surface area contributed by atoms with Crippen molar-refractivity contribution in [3.05, 3.63) is 65.8 Å². The highest BCUT2D eigenvalue weighted by Gasteiger charge is 2.33. The number of amides is 1. The van der Waals surface area contributed by atoms with Gasteiger partial charge in [-0.3, -0.25) is 9.78 Å². The summed E-state index contributed by atoms with van der Waals surface area (Å²) in [7, 11) is 4.01. The maximum atomic E-state index is 13.4. The zero-order valence-electron chi connectivity index (χ0n) is 20.9. The zero-order valence-corrected chi connectivity index (χ0v) is 21.7. The monoisotopic (exact) mass is 552 g/mol. The predicted molar refractivity (Wildman–Crippen MR) is 140 cm³/mol. The minimum Gasteiger partial charge on any atom is -0.433 e. The summed E-state index contributed by atoms with van der Waals surface area (Å²) in [5.41, 5.74) is 2.45. The molecule has 0 spiro atoms. The summed E-state index contributed by atoms with van der Waals surface area (Å²) in [6, 6.07) is 8.11. The van der Waals surface area contributed by atoms with Gasteiger partial charge in [-0.25, -0.2) is 14.2 Å². The van der Waals surface area contributed by atoms with Gasteiger partial charge in [0.2, 0.25) is 0 Å². The lowest BCUT2D eigenvalue weighted by Crippen LogP contribution is -2.51. The molecular formula is C26H23ClF2N8O2. The number of benzene rings is 1. The van der Waals surface area contributed by atoms with E-state index in [0.717, 1.165) is 12.8 Å². The van der Waals surface area contributed by atoms with E-state index in [0.29, 0.717) is 33.8 Å². The second-order valence-corrected chi connectivity index (χ2v) is 9.98. The highest BCUT2D eigenvalue weighted by molar-refractivity contribution is 6.30. The van der Waals surface area contributed by atoms with Crippen LogP contribution in [0.4, 0.5) is 8.78 Å². The van der Waals surface area contributed by atoms with Gasteiger partial charge in [-0.15, -0.1) is 0 Å². The number of fused-ring (bicyclic) bond motifs is 2. The Kier molecular flexibility index (Phi) is 6.35. The Morgan fingerprint density at radius 2 is 2.03 bits per heavy atom. The summed E-state index contributed by atoms with van der Waals surface area (Å²) in [6.45, 7) is -3.07. The number of carbonyl (C=O) groups excluding carboxylic acids is 1. The van der Waals surface area contributed by atoms with Crippen LogP contribution in [0.1, 0.15) is 23.3 Å². The van der Waals surface area contributed by atoms with E-state index in [-0.39, 0.29) is 34.1 Å². The minimum absolute atomic E-state index is 0.00564. The van der Waals surface area contributed by atoms with Crippen LogP contribution in [-0.4, -0.2) is 73.0 Å². The highest BCUT2D eigenvalue weighted by Crippen LogP contribution is 2.34. The van der Waals surface area contributed by atoms with Crippen molar-refractivity contribution in [2.24, 2.45) is 0 Å². The molecular weight excluding hydrogens is 530 g/mol. The first-order valence-electron chi connectivity index (χ1n) is 12.2. The summed E-state index contributed by atoms with van der Waals surface area (Å²) >= 11 is 6.24. The molecule has 1 amide bonds. The van der Waals surface area contributed by atoms with Crippen LogP contribution in [0.3, 0.4) is 0 Å². The van der Waals surface area contributed by atoms with Crippen molar-refractivity contribution in [2.45, 2.75) is 31.5 Å². The van der Waals surface area contributed by atoms with E-state index in [2.05, 4.69) is 30.4 Å². The molecule has 1 N–H and O–H groups in total. The predicted octanol–water partition coefficient (Wildman–Crippen LogP) is 4.21. The molecule has 0 aliphatic heterocycles. The number of hydrogen-bond acceptors (Lipinski definition) is 7. The lowest BCUT2D eigenvalue weighted by Gasteiger charge is -2.39. The Labute approximate surface area is 226 Å². The first-order valence-corrected chi connectivity index (χ1v) is 12.6. The summed E-state index contributed by atoms with van der Waals surface area (Å²) in [5.74, 6) is -0.527. The molecule has 6 rings (SSSR count). The molecule has 4 aromatic heterocycles. The van der Waals surface area contributed by atoms with Gasteiger partial charge in [-0.05, 0) is 57.3 Å². The molecule has 1 aromatic carbocycles. The van der Waals surface area contributed by atoms with Crippen molar-refractivity contribution in [1.29, 1.82) is 0 Å². The molecule has 200 valence electrons. The molecule has 1 aliphatic rings. The molecule has 1 aliphatic carbocycles. The van der Waals surface area contributed by atoms with E-state index < -0.39 is 6.61 Å². The Morgan fingerprint density at radius 1 is 1.21 bits per heavy atom. The van der Waals surface area contributed by atoms with Crippen molar-refractivity contribution < 1.29 is 18.3 Å². The summed E-state index contributed by atoms with van der Waals surface area (Å²) in [4.78, 5) is 24.5. The van der Waals surface area contributed by atoms with E-state index in [1.54, 1.807) is 35.2 Å². The van der Waals surface area contributed by atoms with E-state index >= 15 is 0 Å². The largest absolute Gasteiger partial charge is 0.433 e. The second kappa shape index (κ2) is 9.86. The smallest absolute Gasteiger partial charge is 0.387 e. The van der Waals surface area contributed by atoms with Gasteiger partial charge >= 0.3 is 6.61 Å². The van der Waals surface area contributed by atoms with Crippen LogP contribution < -0.4 is 10.1 Å². The van der Waals surface area contributed by atoms with Gasteiger partial charge in [-0.2, -0.15) is 19.0 Å². The Morgan fingerprint density at radius 3 is 2.79 bits per heavy atom. The molecule has 4 heterocycles. The zero-order chi connectivity index (χ0) is 27.3. The molecule has 10 nitrogen and oxygen atoms in total. The fourth-order valence-corrected chi connectivity index (χ4v) is 4.92. The lowest BCUT2D eigenvalue weighted by atomic mass is 9.86. The number of pyridine rings is 1. The van der Waals surface area contributed by atoms with Crippen LogP contribution in [0.15, 0.2) is 55.1 Å². The molecule has 0 bridgehead atoms. The highest BCUT2D eigenvalue weighted by atomic mass is 35.5. The standard InChI is InChI=1S/C26H23ClF2N8O2/c1-35(2)16-9-15(10-16)33-25(38)23-18-12-31-19(17-13-32-36-7-3-6-30-24(17)36)11-20(18)37(34-23)21-8-14(27)4-5-22(21)39-26(28)29/h3-8,11-13,15-16,26H,9-10H2,1-2H3,(H,33,38). The van der Waals surface area contributed by atoms with Gasteiger partial charge < -0.3 is 15.0 Å². The van der Waals surface area contributed by atoms with Gasteiger partial charge in [0, 0.05) is 35.7 Å². The van der Waals surface area contributed by atoms with Gasteiger partial charge in [0.15, 0.2) is 17.1 Å². The van der Waals surface area contributed by atoms with Gasteiger partial charge in [0.05, 0.1) is 28.4 Å². The number of ether oxygens (including phenoxy) is 1. The topological polar surface area (TPSA) is 102 Å². The Bertz CT molecular complexity index is 1700. The number of nitrogens with one attached hydrogen (secondary N) is 1. The maximum Gasteiger partial charge on any atom is 0.387 e. The van der Waals surface area contributed by atoms with Crippen LogP contribution in [-0.2, 0) is 0 Å². The van der Waals surface area contributed by atoms with E-state index in [1.165, 1.54) is 29.1 Å². The van der Waals surface area contributed by atoms with Gasteiger partial charge in [-0.1, -0.05) is 11.6 Å². The molecule has 0 saturated heterocycles. The van der Waals surface area contributed by atoms with Crippen molar-refractivity contribution in [3.63, 3.8) is 0 Å². The third-order valence-corrected chi connectivity index (χ3v) is 7.11. The lowest BCUT2D eigenvalue weighted by molar-refractivity contribution is -0.0498. The average Bonchev–Trinajstić information content (AvgIpc) is 3.48. The fourth-order valence-electron chi connectivity index (χ4n) is 4.75. The molecule has 0 atom stereocenters. The normalized spacial score (nSPS) is 17.2. The third kappa shape index (κ3) is 4.66. The van der Waals surface area contributed by atoms with E-state index in [4.69, 9.17) is 16.3 Å². The number of rotatable bonds is 7. The van der Waals surface area contributed by atoms with Crippen molar-refractivity contribution in [1.82, 2.24) is 39.6 Å². The van der Waals surface area contributed by atoms with Crippen LogP contribution in [0.2, 0.25) is 5.02 Å². The second-order valence-electron chi connectivity index (χ2n) is 9.54. The summed E-state index contributed by atoms with van der Waals surface area (Å²) in [5, 5.41) is 12.6. The SMILES string of the molecule is CN(C)C1CC(NC(=O)c2nn(-c3cc(Cl)ccc3OC(F)F)c3cc(-c4cnn5cccnc45)ncc23)C1. The van der Waals surface area contributed by atoms with Crippen LogP contribution in [0.25, 0.3) is 33.5 Å². The van der Waals surface area contributed by atoms with E-state index in [9.17, 15) is 13.6 Å². The first-order chi connectivity index (χ1) is 18.8. The Balaban J connectivity index is 1.48. The number of nitrogens with zero attached hydrogens (tertiary/aromatic N) is 7. The molecule has 0 unspecified atom stereocenters. The number of hydrogen-bond donors (Lipinski definition) is 1. The van der Waals surface area contributed by atoms with Crippen molar-refractivity contribution >= 4 is 34.1 Å². The van der Waals surface area contributed by atoms with Gasteiger partial charge in [0.25, 0.3) is 5.91 Å². The van der Waals surface area contributed by atoms with Crippen LogP contribution >= 0.6 is 11.6 Å². The van der Waals surface area contributed by atoms with Crippen molar-refractivity contribution in [3.8, 4) is 22.7 Å². The van der Waals surface area contributed by atoms with E-state index in [1.807, 2.05) is 14.1 Å². The van der Waals surface area contributed by atoms with Crippen molar-refractivity contribution in [2.75, 3.05) is 14.1 Å². The molecule has 39 heavy (non-hydrogen) atoms. The molecule has 5 aromatic rings. The quantitative estimate of drug-likeness (QED) is 0.323. The molecule has 0 radical (unpaired) electrons. The minimum atomic E-state index is -3.07. The number of aromatic nitrogens is 6. The molecule has 1 saturated carbocycles.